The number of benzene rings is 2. The molecule has 27 heavy (non-hydrogen) atoms. The number of aryl methyl sites for hydroxylation is 1. The Labute approximate surface area is 161 Å². The molecular formula is C22H29N3O2. The van der Waals surface area contributed by atoms with Crippen LogP contribution in [0, 0.1) is 6.92 Å². The van der Waals surface area contributed by atoms with Gasteiger partial charge in [0, 0.05) is 32.7 Å². The first-order chi connectivity index (χ1) is 13.1. The third-order valence-corrected chi connectivity index (χ3v) is 5.19. The summed E-state index contributed by atoms with van der Waals surface area (Å²) in [5, 5.41) is 3.00. The zero-order valence-corrected chi connectivity index (χ0v) is 16.4. The number of methoxy groups -OCH3 is 1. The summed E-state index contributed by atoms with van der Waals surface area (Å²) in [6.07, 6.45) is 0. The van der Waals surface area contributed by atoms with Crippen LogP contribution in [0.3, 0.4) is 0 Å². The number of hydrogen-bond acceptors (Lipinski definition) is 4. The second-order valence-electron chi connectivity index (χ2n) is 7.17. The van der Waals surface area contributed by atoms with Crippen molar-refractivity contribution in [3.8, 4) is 5.75 Å². The van der Waals surface area contributed by atoms with E-state index in [2.05, 4.69) is 46.3 Å². The monoisotopic (exact) mass is 367 g/mol. The largest absolute Gasteiger partial charge is 0.495 e. The van der Waals surface area contributed by atoms with Gasteiger partial charge in [-0.2, -0.15) is 0 Å². The molecule has 5 nitrogen and oxygen atoms in total. The Bertz CT molecular complexity index is 770. The molecule has 1 fully saturated rings. The Morgan fingerprint density at radius 1 is 1.11 bits per heavy atom. The molecule has 0 unspecified atom stereocenters. The first kappa shape index (κ1) is 19.4. The summed E-state index contributed by atoms with van der Waals surface area (Å²) in [6.45, 7) is 8.81. The lowest BCUT2D eigenvalue weighted by molar-refractivity contribution is -0.121. The van der Waals surface area contributed by atoms with Crippen LogP contribution in [0.4, 0.5) is 5.69 Å². The van der Waals surface area contributed by atoms with E-state index in [9.17, 15) is 4.79 Å². The minimum Gasteiger partial charge on any atom is -0.495 e. The van der Waals surface area contributed by atoms with Crippen LogP contribution >= 0.6 is 0 Å². The molecule has 1 aliphatic heterocycles. The van der Waals surface area contributed by atoms with Gasteiger partial charge in [-0.05, 0) is 31.5 Å². The Morgan fingerprint density at radius 3 is 2.56 bits per heavy atom. The molecule has 0 aliphatic carbocycles. The number of carbonyl (C=O) groups is 1. The van der Waals surface area contributed by atoms with E-state index in [-0.39, 0.29) is 11.9 Å². The molecule has 0 saturated carbocycles. The van der Waals surface area contributed by atoms with Gasteiger partial charge in [-0.25, -0.2) is 0 Å². The van der Waals surface area contributed by atoms with E-state index in [0.717, 1.165) is 38.4 Å². The molecule has 144 valence electrons. The van der Waals surface area contributed by atoms with Gasteiger partial charge in [0.25, 0.3) is 0 Å². The number of rotatable bonds is 6. The summed E-state index contributed by atoms with van der Waals surface area (Å²) in [4.78, 5) is 17.4. The zero-order chi connectivity index (χ0) is 19.2. The fraction of sp³-hybridized carbons (Fsp3) is 0.409. The number of para-hydroxylation sites is 2. The van der Waals surface area contributed by atoms with E-state index in [4.69, 9.17) is 4.74 Å². The molecular weight excluding hydrogens is 338 g/mol. The molecule has 0 aromatic heterocycles. The predicted octanol–water partition coefficient (Wildman–Crippen LogP) is 3.15. The lowest BCUT2D eigenvalue weighted by Crippen LogP contribution is -2.52. The number of amides is 1. The van der Waals surface area contributed by atoms with E-state index in [1.807, 2.05) is 31.2 Å². The summed E-state index contributed by atoms with van der Waals surface area (Å²) in [6, 6.07) is 16.0. The maximum Gasteiger partial charge on any atom is 0.241 e. The number of nitrogens with zero attached hydrogens (tertiary/aromatic N) is 2. The first-order valence-corrected chi connectivity index (χ1v) is 9.52. The molecule has 1 aliphatic rings. The highest BCUT2D eigenvalue weighted by Crippen LogP contribution is 2.23. The predicted molar refractivity (Wildman–Crippen MR) is 109 cm³/mol. The summed E-state index contributed by atoms with van der Waals surface area (Å²) in [5.41, 5.74) is 3.37. The third kappa shape index (κ3) is 5.08. The van der Waals surface area contributed by atoms with Crippen LogP contribution in [0.2, 0.25) is 0 Å². The number of hydrogen-bond donors (Lipinski definition) is 1. The molecule has 3 rings (SSSR count). The summed E-state index contributed by atoms with van der Waals surface area (Å²) >= 11 is 0. The fourth-order valence-electron chi connectivity index (χ4n) is 3.53. The van der Waals surface area contributed by atoms with Crippen LogP contribution in [-0.2, 0) is 11.3 Å². The molecule has 2 aromatic carbocycles. The number of nitrogens with one attached hydrogen (secondary N) is 1. The molecule has 1 saturated heterocycles. The Hall–Kier alpha value is -2.37. The van der Waals surface area contributed by atoms with Crippen LogP contribution in [0.1, 0.15) is 18.1 Å². The lowest BCUT2D eigenvalue weighted by Gasteiger charge is -2.37. The van der Waals surface area contributed by atoms with Gasteiger partial charge in [0.1, 0.15) is 5.75 Å². The molecule has 1 atom stereocenters. The van der Waals surface area contributed by atoms with Crippen molar-refractivity contribution in [1.29, 1.82) is 0 Å². The Balaban J connectivity index is 1.51. The maximum absolute atomic E-state index is 12.7. The van der Waals surface area contributed by atoms with E-state index in [1.54, 1.807) is 7.11 Å². The van der Waals surface area contributed by atoms with Gasteiger partial charge in [-0.15, -0.1) is 0 Å². The molecule has 0 spiro atoms. The van der Waals surface area contributed by atoms with Crippen LogP contribution in [0.5, 0.6) is 5.75 Å². The number of carbonyl (C=O) groups excluding carboxylic acids is 1. The van der Waals surface area contributed by atoms with Gasteiger partial charge >= 0.3 is 0 Å². The van der Waals surface area contributed by atoms with Gasteiger partial charge in [0.15, 0.2) is 0 Å². The quantitative estimate of drug-likeness (QED) is 0.852. The van der Waals surface area contributed by atoms with Gasteiger partial charge in [0.05, 0.1) is 18.8 Å². The first-order valence-electron chi connectivity index (χ1n) is 9.52. The van der Waals surface area contributed by atoms with Crippen molar-refractivity contribution in [2.45, 2.75) is 26.4 Å². The highest BCUT2D eigenvalue weighted by molar-refractivity contribution is 5.95. The molecule has 0 bridgehead atoms. The SMILES string of the molecule is COc1ccccc1NC(=O)[C@H](C)N1CCN(Cc2cccc(C)c2)CC1. The van der Waals surface area contributed by atoms with Crippen molar-refractivity contribution in [1.82, 2.24) is 9.80 Å². The number of piperazine rings is 1. The molecule has 1 heterocycles. The van der Waals surface area contributed by atoms with E-state index < -0.39 is 0 Å². The Kier molecular flexibility index (Phi) is 6.48. The van der Waals surface area contributed by atoms with E-state index in [1.165, 1.54) is 11.1 Å². The van der Waals surface area contributed by atoms with Crippen LogP contribution in [-0.4, -0.2) is 55.0 Å². The van der Waals surface area contributed by atoms with Crippen LogP contribution in [0.25, 0.3) is 0 Å². The smallest absolute Gasteiger partial charge is 0.241 e. The van der Waals surface area contributed by atoms with E-state index >= 15 is 0 Å². The van der Waals surface area contributed by atoms with Crippen molar-refractivity contribution < 1.29 is 9.53 Å². The van der Waals surface area contributed by atoms with Gasteiger partial charge in [-0.3, -0.25) is 14.6 Å². The summed E-state index contributed by atoms with van der Waals surface area (Å²) < 4.78 is 5.32. The molecule has 1 N–H and O–H groups in total. The van der Waals surface area contributed by atoms with Gasteiger partial charge in [-0.1, -0.05) is 42.0 Å². The fourth-order valence-corrected chi connectivity index (χ4v) is 3.53. The van der Waals surface area contributed by atoms with Crippen LogP contribution in [0.15, 0.2) is 48.5 Å². The Morgan fingerprint density at radius 2 is 1.85 bits per heavy atom. The lowest BCUT2D eigenvalue weighted by atomic mass is 10.1. The highest BCUT2D eigenvalue weighted by atomic mass is 16.5. The molecule has 5 heteroatoms. The van der Waals surface area contributed by atoms with Crippen molar-refractivity contribution in [3.63, 3.8) is 0 Å². The molecule has 0 radical (unpaired) electrons. The second kappa shape index (κ2) is 9.02. The van der Waals surface area contributed by atoms with Crippen molar-refractivity contribution >= 4 is 11.6 Å². The third-order valence-electron chi connectivity index (χ3n) is 5.19. The second-order valence-corrected chi connectivity index (χ2v) is 7.17. The minimum absolute atomic E-state index is 0.00614. The van der Waals surface area contributed by atoms with E-state index in [0.29, 0.717) is 5.75 Å². The van der Waals surface area contributed by atoms with Crippen molar-refractivity contribution in [3.05, 3.63) is 59.7 Å². The summed E-state index contributed by atoms with van der Waals surface area (Å²) in [7, 11) is 1.61. The highest BCUT2D eigenvalue weighted by Gasteiger charge is 2.26. The van der Waals surface area contributed by atoms with Crippen molar-refractivity contribution in [2.75, 3.05) is 38.6 Å². The number of anilines is 1. The zero-order valence-electron chi connectivity index (χ0n) is 16.4. The standard InChI is InChI=1S/C22H29N3O2/c1-17-7-6-8-19(15-17)16-24-11-13-25(14-12-24)18(2)22(26)23-20-9-4-5-10-21(20)27-3/h4-10,15,18H,11-14,16H2,1-3H3,(H,23,26)/t18-/m0/s1. The molecule has 2 aromatic rings. The average molecular weight is 367 g/mol. The summed E-state index contributed by atoms with van der Waals surface area (Å²) in [5.74, 6) is 0.688. The number of ether oxygens (including phenoxy) is 1. The average Bonchev–Trinajstić information content (AvgIpc) is 2.68. The van der Waals surface area contributed by atoms with Gasteiger partial charge in [0.2, 0.25) is 5.91 Å². The topological polar surface area (TPSA) is 44.8 Å². The molecule has 1 amide bonds. The van der Waals surface area contributed by atoms with Crippen molar-refractivity contribution in [2.24, 2.45) is 0 Å². The minimum atomic E-state index is -0.170. The normalized spacial score (nSPS) is 16.7. The van der Waals surface area contributed by atoms with Gasteiger partial charge < -0.3 is 10.1 Å². The van der Waals surface area contributed by atoms with Crippen LogP contribution < -0.4 is 10.1 Å². The maximum atomic E-state index is 12.7.